The van der Waals surface area contributed by atoms with Gasteiger partial charge in [0.05, 0.1) is 53.2 Å². The summed E-state index contributed by atoms with van der Waals surface area (Å²) in [6.07, 6.45) is -1.33. The Kier molecular flexibility index (Phi) is 7.90. The number of aliphatic hydroxyl groups is 1. The molecular formula is C22H22ClN5O4S3. The Balaban J connectivity index is 0.00000171. The quantitative estimate of drug-likeness (QED) is 0.418. The number of halogens is 1. The van der Waals surface area contributed by atoms with Crippen molar-refractivity contribution in [3.8, 4) is 17.3 Å². The highest BCUT2D eigenvalue weighted by atomic mass is 35.5. The monoisotopic (exact) mass is 551 g/mol. The molecule has 3 aromatic heterocycles. The van der Waals surface area contributed by atoms with Gasteiger partial charge in [-0.2, -0.15) is 32.3 Å². The number of ether oxygens (including phenoxy) is 1. The van der Waals surface area contributed by atoms with Gasteiger partial charge >= 0.3 is 5.69 Å². The summed E-state index contributed by atoms with van der Waals surface area (Å²) in [4.78, 5) is 30.6. The van der Waals surface area contributed by atoms with E-state index in [-0.39, 0.29) is 40.1 Å². The SMILES string of the molecule is Cn1c(=O)c2c(-c3cccc(C#N)c3)n3c(c2n(C)c1=O)[C@@H](c1nc(Cl)cs1)O[C@H](CO)C3.S.S. The molecule has 0 fully saturated rings. The van der Waals surface area contributed by atoms with Gasteiger partial charge < -0.3 is 14.4 Å². The topological polar surface area (TPSA) is 115 Å². The van der Waals surface area contributed by atoms with Gasteiger partial charge in [0.15, 0.2) is 6.10 Å². The number of aryl methyl sites for hydroxylation is 1. The Morgan fingerprint density at radius 1 is 1.29 bits per heavy atom. The van der Waals surface area contributed by atoms with Crippen LogP contribution in [0.1, 0.15) is 22.4 Å². The minimum atomic E-state index is -0.749. The van der Waals surface area contributed by atoms with E-state index in [1.54, 1.807) is 30.6 Å². The van der Waals surface area contributed by atoms with Crippen molar-refractivity contribution < 1.29 is 9.84 Å². The highest BCUT2D eigenvalue weighted by molar-refractivity contribution is 7.59. The van der Waals surface area contributed by atoms with Gasteiger partial charge in [-0.05, 0) is 12.1 Å². The Morgan fingerprint density at radius 2 is 2.03 bits per heavy atom. The lowest BCUT2D eigenvalue weighted by molar-refractivity contribution is -0.0517. The van der Waals surface area contributed by atoms with Crippen molar-refractivity contribution in [3.63, 3.8) is 0 Å². The fourth-order valence-electron chi connectivity index (χ4n) is 4.40. The van der Waals surface area contributed by atoms with Crippen LogP contribution in [0.3, 0.4) is 0 Å². The number of rotatable bonds is 3. The molecule has 0 saturated heterocycles. The summed E-state index contributed by atoms with van der Waals surface area (Å²) in [7, 11) is 3.03. The van der Waals surface area contributed by atoms with Crippen molar-refractivity contribution in [2.24, 2.45) is 14.1 Å². The van der Waals surface area contributed by atoms with E-state index in [1.807, 2.05) is 10.6 Å². The van der Waals surface area contributed by atoms with Crippen molar-refractivity contribution >= 4 is 60.8 Å². The number of hydrogen-bond donors (Lipinski definition) is 1. The molecule has 0 spiro atoms. The average molecular weight is 552 g/mol. The molecule has 0 radical (unpaired) electrons. The van der Waals surface area contributed by atoms with Gasteiger partial charge in [0.1, 0.15) is 10.2 Å². The van der Waals surface area contributed by atoms with E-state index >= 15 is 0 Å². The summed E-state index contributed by atoms with van der Waals surface area (Å²) in [5, 5.41) is 22.2. The number of nitrogens with zero attached hydrogens (tertiary/aromatic N) is 5. The first-order valence-corrected chi connectivity index (χ1v) is 11.3. The molecule has 0 bridgehead atoms. The maximum atomic E-state index is 13.4. The van der Waals surface area contributed by atoms with Crippen LogP contribution < -0.4 is 11.2 Å². The molecule has 9 nitrogen and oxygen atoms in total. The van der Waals surface area contributed by atoms with Crippen LogP contribution in [0.4, 0.5) is 0 Å². The maximum absolute atomic E-state index is 13.4. The van der Waals surface area contributed by atoms with Crippen molar-refractivity contribution in [2.75, 3.05) is 6.61 Å². The van der Waals surface area contributed by atoms with E-state index in [1.165, 1.54) is 23.0 Å². The zero-order valence-corrected chi connectivity index (χ0v) is 22.2. The van der Waals surface area contributed by atoms with Gasteiger partial charge in [-0.25, -0.2) is 9.78 Å². The van der Waals surface area contributed by atoms with Gasteiger partial charge in [0.2, 0.25) is 0 Å². The summed E-state index contributed by atoms with van der Waals surface area (Å²) in [5.41, 5.74) is 1.72. The van der Waals surface area contributed by atoms with Crippen molar-refractivity contribution in [2.45, 2.75) is 18.8 Å². The number of fused-ring (bicyclic) bond motifs is 3. The van der Waals surface area contributed by atoms with Crippen LogP contribution in [0.5, 0.6) is 0 Å². The maximum Gasteiger partial charge on any atom is 0.331 e. The molecule has 1 aliphatic heterocycles. The Labute approximate surface area is 222 Å². The number of thiazole rings is 1. The van der Waals surface area contributed by atoms with Crippen molar-refractivity contribution in [1.29, 1.82) is 5.26 Å². The molecule has 4 aromatic rings. The minimum absolute atomic E-state index is 0. The number of aromatic nitrogens is 4. The lowest BCUT2D eigenvalue weighted by Gasteiger charge is -2.31. The highest BCUT2D eigenvalue weighted by Gasteiger charge is 2.37. The lowest BCUT2D eigenvalue weighted by atomic mass is 10.1. The molecule has 13 heteroatoms. The van der Waals surface area contributed by atoms with E-state index in [9.17, 15) is 20.0 Å². The molecule has 4 heterocycles. The summed E-state index contributed by atoms with van der Waals surface area (Å²) in [6.45, 7) is -0.00221. The molecule has 0 unspecified atom stereocenters. The Morgan fingerprint density at radius 3 is 2.66 bits per heavy atom. The van der Waals surface area contributed by atoms with Crippen LogP contribution in [0, 0.1) is 11.3 Å². The van der Waals surface area contributed by atoms with Crippen LogP contribution in [0.2, 0.25) is 5.15 Å². The summed E-state index contributed by atoms with van der Waals surface area (Å²) < 4.78 is 10.5. The van der Waals surface area contributed by atoms with E-state index in [0.717, 1.165) is 4.57 Å². The number of aliphatic hydroxyl groups excluding tert-OH is 1. The Bertz CT molecular complexity index is 1580. The molecular weight excluding hydrogens is 530 g/mol. The molecule has 35 heavy (non-hydrogen) atoms. The second kappa shape index (κ2) is 10.2. The van der Waals surface area contributed by atoms with E-state index in [4.69, 9.17) is 16.3 Å². The molecule has 1 aromatic carbocycles. The largest absolute Gasteiger partial charge is 0.394 e. The molecule has 0 amide bonds. The third-order valence-electron chi connectivity index (χ3n) is 5.85. The molecule has 1 N–H and O–H groups in total. The van der Waals surface area contributed by atoms with Crippen LogP contribution in [-0.4, -0.2) is 36.5 Å². The minimum Gasteiger partial charge on any atom is -0.394 e. The average Bonchev–Trinajstić information content (AvgIpc) is 3.42. The molecule has 0 saturated carbocycles. The van der Waals surface area contributed by atoms with Crippen LogP contribution in [0.25, 0.3) is 22.2 Å². The van der Waals surface area contributed by atoms with E-state index in [0.29, 0.717) is 43.6 Å². The van der Waals surface area contributed by atoms with Crippen molar-refractivity contribution in [1.82, 2.24) is 18.7 Å². The smallest absolute Gasteiger partial charge is 0.331 e. The Hall–Kier alpha value is -2.53. The van der Waals surface area contributed by atoms with Gasteiger partial charge in [-0.15, -0.1) is 11.3 Å². The second-order valence-electron chi connectivity index (χ2n) is 7.80. The molecule has 0 aliphatic carbocycles. The number of nitriles is 1. The summed E-state index contributed by atoms with van der Waals surface area (Å²) in [5.74, 6) is 0. The predicted octanol–water partition coefficient (Wildman–Crippen LogP) is 2.39. The molecule has 5 rings (SSSR count). The third-order valence-corrected chi connectivity index (χ3v) is 7.07. The van der Waals surface area contributed by atoms with Crippen LogP contribution >= 0.6 is 49.9 Å². The zero-order chi connectivity index (χ0) is 23.4. The standard InChI is InChI=1S/C22H18ClN5O4S.2H2S/c1-26-17-15(21(30)27(2)22(26)31)16(12-5-3-4-11(6-12)7-24)28-8-13(9-29)32-19(18(17)28)20-25-14(23)10-33-20;;/h3-6,10,13,19,29H,8-9H2,1-2H3;2*1H2/t13-,19-;;/m0../s1. The molecule has 184 valence electrons. The first kappa shape index (κ1) is 27.1. The fourth-order valence-corrected chi connectivity index (χ4v) is 5.39. The summed E-state index contributed by atoms with van der Waals surface area (Å²) in [6, 6.07) is 9.06. The van der Waals surface area contributed by atoms with Gasteiger partial charge in [0, 0.05) is 25.0 Å². The predicted molar refractivity (Wildman–Crippen MR) is 144 cm³/mol. The number of benzene rings is 1. The third kappa shape index (κ3) is 4.22. The van der Waals surface area contributed by atoms with Gasteiger partial charge in [0.25, 0.3) is 5.56 Å². The number of hydrogen-bond acceptors (Lipinski definition) is 7. The van der Waals surface area contributed by atoms with E-state index < -0.39 is 23.5 Å². The second-order valence-corrected chi connectivity index (χ2v) is 9.07. The van der Waals surface area contributed by atoms with Gasteiger partial charge in [-0.3, -0.25) is 13.9 Å². The van der Waals surface area contributed by atoms with E-state index in [2.05, 4.69) is 11.1 Å². The normalized spacial score (nSPS) is 16.8. The fraction of sp³-hybridized carbons (Fsp3) is 0.273. The zero-order valence-electron chi connectivity index (χ0n) is 18.6. The molecule has 1 aliphatic rings. The van der Waals surface area contributed by atoms with Crippen LogP contribution in [0.15, 0.2) is 39.2 Å². The van der Waals surface area contributed by atoms with Gasteiger partial charge in [-0.1, -0.05) is 23.7 Å². The first-order valence-electron chi connectivity index (χ1n) is 10.1. The lowest BCUT2D eigenvalue weighted by Crippen LogP contribution is -2.37. The van der Waals surface area contributed by atoms with Crippen molar-refractivity contribution in [3.05, 3.63) is 71.9 Å². The van der Waals surface area contributed by atoms with Crippen LogP contribution in [-0.2, 0) is 25.4 Å². The summed E-state index contributed by atoms with van der Waals surface area (Å²) >= 11 is 7.37. The molecule has 2 atom stereocenters. The highest BCUT2D eigenvalue weighted by Crippen LogP contribution is 2.43. The first-order chi connectivity index (χ1) is 15.8.